The van der Waals surface area contributed by atoms with E-state index in [4.69, 9.17) is 92.5 Å². The first-order valence-corrected chi connectivity index (χ1v) is 63.4. The van der Waals surface area contributed by atoms with Gasteiger partial charge in [-0.05, 0) is 286 Å². The monoisotopic (exact) mass is 2640 g/mol. The van der Waals surface area contributed by atoms with E-state index in [1.54, 1.807) is 24.7 Å². The van der Waals surface area contributed by atoms with Gasteiger partial charge >= 0.3 is 2.56 Å². The van der Waals surface area contributed by atoms with Gasteiger partial charge in [0, 0.05) is 152 Å². The number of benzene rings is 4. The molecule has 0 amide bonds. The lowest BCUT2D eigenvalue weighted by Gasteiger charge is -2.22. The highest BCUT2D eigenvalue weighted by atomic mass is 80.0. The molecule has 7 aliphatic heterocycles. The summed E-state index contributed by atoms with van der Waals surface area (Å²) in [7, 11) is -0.0582. The van der Waals surface area contributed by atoms with Crippen LogP contribution in [0.3, 0.4) is 0 Å². The first-order chi connectivity index (χ1) is 65.9. The summed E-state index contributed by atoms with van der Waals surface area (Å²) in [6, 6.07) is 38.3. The predicted molar refractivity (Wildman–Crippen MR) is 657 cm³/mol. The van der Waals surface area contributed by atoms with Crippen LogP contribution in [0.15, 0.2) is 145 Å². The van der Waals surface area contributed by atoms with Gasteiger partial charge in [0.05, 0.1) is 87.1 Å². The molecule has 18 nitrogen and oxygen atoms in total. The van der Waals surface area contributed by atoms with Gasteiger partial charge in [0.2, 0.25) is 0 Å². The standard InChI is InChI=1S/C18H30O4.C18H15P.C10H16O2.C8H12Br2.C8H15BrO2.C8H14O2.C7H8O3S.3C5H8O.C4H8O.C3H7BrO.CBr4.7CH4.2H2P2S/c1(3-7-13-19-17-11-5-9-15-21-17)2-4-8-14-20-18-12-6-10-16-22-18;1-4-10-16(11-5-1)19(17-12-6-2-7-13-17)18-14-8-3-9-15-18;1-2-3-4-8-12-10-6-5-7-11-9-10;9-7-5-3-1-2-4-6-8-10;9-4-2-6-11-8-3-1-5-10-7-8;9-7-5-3-1-2-4-6-8-10;1-6-2-4-7(5-3-6)11(8,9)10;2*1-2-4-6-5-3-1;1-2-3-4-5-6;1-2-4-5-3-1;4-2-1-3-5;2-1(3,4)5;;;;;;;;2*1-2-3/h17-18H,3-16H2;1-15H;1,10H,3-9H2;3-8H2;8H,1-7H2;9-10H,3-8H2;2-5H,1H3,(H,8,9,10);2*2,4H,1,3,5H2;1,6H,3-5H2;1-4H2;5H,1-3H2;;7*1H4;2*1H2/p+2/i/hT2. The third-order valence-corrected chi connectivity index (χ3v) is 22.8. The molecule has 7 heterocycles. The van der Waals surface area contributed by atoms with E-state index in [0.717, 1.165) is 248 Å². The summed E-state index contributed by atoms with van der Waals surface area (Å²) in [4.78, 5) is -0.0666. The van der Waals surface area contributed by atoms with Gasteiger partial charge in [-0.1, -0.05) is 224 Å². The van der Waals surface area contributed by atoms with Crippen LogP contribution in [0.5, 0.6) is 0 Å². The van der Waals surface area contributed by atoms with Crippen molar-refractivity contribution in [3.05, 3.63) is 146 Å². The zero-order chi connectivity index (χ0) is 101. The molecule has 5 N–H and O–H groups in total. The first kappa shape index (κ1) is 158. The average molecular weight is 2650 g/mol. The zero-order valence-electron chi connectivity index (χ0n) is 80.6. The molecule has 816 valence electrons. The highest BCUT2D eigenvalue weighted by Crippen LogP contribution is 2.39. The third kappa shape index (κ3) is 128. The topological polar surface area (TPSA) is 237 Å². The third-order valence-electron chi connectivity index (χ3n) is 17.2. The highest BCUT2D eigenvalue weighted by molar-refractivity contribution is 9.52. The van der Waals surface area contributed by atoms with Gasteiger partial charge < -0.3 is 72.5 Å². The van der Waals surface area contributed by atoms with Crippen LogP contribution in [0.1, 0.15) is 276 Å². The molecule has 141 heavy (non-hydrogen) atoms. The van der Waals surface area contributed by atoms with E-state index in [2.05, 4.69) is 307 Å². The molecule has 5 fully saturated rings. The number of halogens is 8. The van der Waals surface area contributed by atoms with Crippen molar-refractivity contribution >= 4 is 217 Å². The van der Waals surface area contributed by atoms with E-state index in [1.807, 2.05) is 19.1 Å². The number of alkyl halides is 8. The molecule has 0 radical (unpaired) electrons. The molecule has 34 heteroatoms. The normalized spacial score (nSPS) is 15.7. The van der Waals surface area contributed by atoms with E-state index < -0.39 is 32.0 Å². The van der Waals surface area contributed by atoms with Crippen LogP contribution in [0, 0.1) is 67.1 Å². The van der Waals surface area contributed by atoms with Crippen molar-refractivity contribution in [1.29, 1.82) is 2.56 Å². The molecular formula is C107H183Br8O18P5S3+2. The predicted octanol–water partition coefficient (Wildman–Crippen LogP) is 29.8. The van der Waals surface area contributed by atoms with Crippen molar-refractivity contribution in [1.82, 2.24) is 0 Å². The van der Waals surface area contributed by atoms with Crippen molar-refractivity contribution in [2.24, 2.45) is 0 Å². The van der Waals surface area contributed by atoms with Crippen LogP contribution < -0.4 is 15.9 Å². The average Bonchev–Trinajstić information content (AvgIpc) is 1.15. The molecule has 8 unspecified atom stereocenters. The van der Waals surface area contributed by atoms with E-state index in [0.29, 0.717) is 25.2 Å². The van der Waals surface area contributed by atoms with Crippen LogP contribution in [0.25, 0.3) is 0 Å². The molecule has 0 spiro atoms. The maximum Gasteiger partial charge on any atom is 0.355 e. The van der Waals surface area contributed by atoms with E-state index >= 15 is 0 Å². The largest absolute Gasteiger partial charge is 0.502 e. The van der Waals surface area contributed by atoms with E-state index in [-0.39, 0.29) is 90.3 Å². The lowest BCUT2D eigenvalue weighted by Crippen LogP contribution is -2.25. The fourth-order valence-corrected chi connectivity index (χ4v) is 14.5. The number of rotatable bonds is 32. The molecule has 0 aliphatic carbocycles. The summed E-state index contributed by atoms with van der Waals surface area (Å²) in [5.41, 5.74) is 0.956. The van der Waals surface area contributed by atoms with Gasteiger partial charge in [0.25, 0.3) is 10.1 Å². The Bertz CT molecular complexity index is 3510. The van der Waals surface area contributed by atoms with Crippen molar-refractivity contribution in [3.8, 4) is 60.2 Å². The molecule has 11 rings (SSSR count). The van der Waals surface area contributed by atoms with Crippen LogP contribution >= 0.6 is 167 Å². The van der Waals surface area contributed by atoms with E-state index in [1.165, 1.54) is 112 Å². The highest BCUT2D eigenvalue weighted by Gasteiger charge is 2.19. The molecule has 0 bridgehead atoms. The SMILES string of the molecule is BrC(Br)(Br)Br.BrCCCC#CCCCBr.BrCCCOC1CCCOC1.C.C.C.C.C.C.C.C#CCCCO.C#CCCCOC1CCCOC1.C(#CCCCOC1CCCCO1)CCCOC1CCCCO1.C1=COCCC1.C1=COCCC1.C1CCOC1.Cc1ccc(S(=O)(=O)O)cc1.OCCCBr.OCCCC#CCCCO.[3H][P+](P)=S.[3H][P+](P)=S.c1ccc(P(c2ccccc2)c2ccccc2)cc1. The number of allylic oxidation sites excluding steroid dienone is 2. The zero-order valence-corrected chi connectivity index (χ0v) is 98.8. The molecule has 4 aromatic rings. The van der Waals surface area contributed by atoms with Crippen LogP contribution in [0.4, 0.5) is 0 Å². The number of hydrogen-bond donors (Lipinski definition) is 5. The lowest BCUT2D eigenvalue weighted by atomic mass is 10.2. The molecule has 0 aromatic heterocycles. The number of aliphatic hydroxyl groups excluding tert-OH is 4. The Hall–Kier alpha value is -0.680. The van der Waals surface area contributed by atoms with Crippen LogP contribution in [-0.2, 0) is 85.8 Å². The summed E-state index contributed by atoms with van der Waals surface area (Å²) < 4.78 is 101. The van der Waals surface area contributed by atoms with Crippen LogP contribution in [0.2, 0.25) is 0 Å². The van der Waals surface area contributed by atoms with Gasteiger partial charge in [-0.2, -0.15) is 8.42 Å². The quantitative estimate of drug-likeness (QED) is 0.0100. The molecule has 7 aliphatic rings. The van der Waals surface area contributed by atoms with Crippen molar-refractivity contribution < 1.29 is 85.5 Å². The molecule has 0 saturated carbocycles. The maximum atomic E-state index is 10.5. The van der Waals surface area contributed by atoms with Crippen molar-refractivity contribution in [3.63, 3.8) is 0 Å². The maximum absolute atomic E-state index is 10.5. The Kier molecular flexibility index (Phi) is 150. The first-order valence-electron chi connectivity index (χ1n) is 46.8. The number of unbranched alkanes of at least 4 members (excludes halogenated alkanes) is 8. The van der Waals surface area contributed by atoms with Gasteiger partial charge in [-0.25, -0.2) is 0 Å². The Morgan fingerprint density at radius 3 is 0.979 bits per heavy atom. The Balaban J connectivity index is -0.000000149. The second-order valence-corrected chi connectivity index (χ2v) is 52.2. The van der Waals surface area contributed by atoms with Crippen molar-refractivity contribution in [2.75, 3.05) is 140 Å². The van der Waals surface area contributed by atoms with Gasteiger partial charge in [0.1, 0.15) is 0 Å². The second-order valence-electron chi connectivity index (χ2n) is 28.8. The summed E-state index contributed by atoms with van der Waals surface area (Å²) in [6.45, 7) is 13.1. The Labute approximate surface area is 949 Å². The van der Waals surface area contributed by atoms with Crippen LogP contribution in [-0.4, -0.2) is 202 Å². The van der Waals surface area contributed by atoms with Gasteiger partial charge in [-0.3, -0.25) is 4.55 Å². The molecular weight excluding hydrogens is 2460 g/mol. The summed E-state index contributed by atoms with van der Waals surface area (Å²) in [5.74, 6) is 23.5. The number of ether oxygens (including phenoxy) is 11. The Morgan fingerprint density at radius 1 is 0.426 bits per heavy atom. The lowest BCUT2D eigenvalue weighted by molar-refractivity contribution is -0.162. The fourth-order valence-electron chi connectivity index (χ4n) is 10.6. The minimum atomic E-state index is -4.02. The number of aliphatic hydroxyl groups is 4. The number of aryl methyl sites for hydroxylation is 1. The second kappa shape index (κ2) is 133. The molecule has 4 aromatic carbocycles. The van der Waals surface area contributed by atoms with Gasteiger partial charge in [0.15, 0.2) is 51.2 Å². The summed E-state index contributed by atoms with van der Waals surface area (Å²) >= 11 is 34.4. The minimum Gasteiger partial charge on any atom is -0.502 e. The summed E-state index contributed by atoms with van der Waals surface area (Å²) in [6.07, 6.45) is 53.5. The smallest absolute Gasteiger partial charge is 0.355 e. The van der Waals surface area contributed by atoms with Gasteiger partial charge in [-0.15, -0.1) is 60.2 Å². The molecule has 5 saturated heterocycles. The van der Waals surface area contributed by atoms with Crippen molar-refractivity contribution in [2.45, 2.75) is 308 Å². The Morgan fingerprint density at radius 2 is 0.730 bits per heavy atom. The summed E-state index contributed by atoms with van der Waals surface area (Å²) in [5, 5.41) is 41.1. The minimum absolute atomic E-state index is 0. The molecule has 8 atom stereocenters. The van der Waals surface area contributed by atoms with E-state index in [9.17, 15) is 8.42 Å². The number of hydrogen-bond acceptors (Lipinski definition) is 19. The number of terminal acetylenes is 2. The fraction of sp³-hybridized carbons (Fsp3) is 0.645.